The van der Waals surface area contributed by atoms with Crippen LogP contribution in [0.15, 0.2) is 47.7 Å². The summed E-state index contributed by atoms with van der Waals surface area (Å²) in [6.07, 6.45) is 5.75. The summed E-state index contributed by atoms with van der Waals surface area (Å²) in [5.41, 5.74) is 0. The number of carbonyl (C=O) groups is 3. The smallest absolute Gasteiger partial charge is 0.261 e. The molecule has 29 heavy (non-hydrogen) atoms. The van der Waals surface area contributed by atoms with Crippen LogP contribution >= 0.6 is 22.7 Å². The van der Waals surface area contributed by atoms with E-state index in [0.29, 0.717) is 4.88 Å². The molecule has 1 fully saturated rings. The molecule has 2 aromatic rings. The summed E-state index contributed by atoms with van der Waals surface area (Å²) in [4.78, 5) is 41.1. The van der Waals surface area contributed by atoms with E-state index in [1.54, 1.807) is 23.6 Å². The van der Waals surface area contributed by atoms with Gasteiger partial charge in [-0.3, -0.25) is 14.4 Å². The van der Waals surface area contributed by atoms with Gasteiger partial charge < -0.3 is 15.5 Å². The monoisotopic (exact) mass is 431 g/mol. The van der Waals surface area contributed by atoms with Crippen molar-refractivity contribution in [1.29, 1.82) is 0 Å². The zero-order valence-electron chi connectivity index (χ0n) is 16.1. The van der Waals surface area contributed by atoms with Crippen molar-refractivity contribution < 1.29 is 14.4 Å². The van der Waals surface area contributed by atoms with Crippen molar-refractivity contribution in [2.75, 3.05) is 13.1 Å². The first kappa shape index (κ1) is 21.3. The maximum Gasteiger partial charge on any atom is 0.261 e. The van der Waals surface area contributed by atoms with Gasteiger partial charge in [-0.05, 0) is 35.7 Å². The molecule has 6 nitrogen and oxygen atoms in total. The van der Waals surface area contributed by atoms with Crippen LogP contribution in [-0.4, -0.2) is 41.8 Å². The molecule has 1 aliphatic rings. The first-order valence-electron chi connectivity index (χ1n) is 9.66. The highest BCUT2D eigenvalue weighted by atomic mass is 32.1. The van der Waals surface area contributed by atoms with E-state index in [1.165, 1.54) is 27.6 Å². The maximum absolute atomic E-state index is 13.1. The number of carbonyl (C=O) groups excluding carboxylic acids is 3. The minimum absolute atomic E-state index is 0.157. The van der Waals surface area contributed by atoms with Gasteiger partial charge in [0.2, 0.25) is 11.8 Å². The summed E-state index contributed by atoms with van der Waals surface area (Å²) in [5.74, 6) is -0.802. The van der Waals surface area contributed by atoms with Gasteiger partial charge >= 0.3 is 0 Å². The Morgan fingerprint density at radius 1 is 1.17 bits per heavy atom. The lowest BCUT2D eigenvalue weighted by molar-refractivity contribution is -0.139. The Kier molecular flexibility index (Phi) is 7.60. The molecule has 154 valence electrons. The first-order chi connectivity index (χ1) is 14.1. The number of hydrogen-bond donors (Lipinski definition) is 2. The maximum atomic E-state index is 13.1. The molecular formula is C21H25N3O3S2. The number of thiophene rings is 2. The van der Waals surface area contributed by atoms with Crippen LogP contribution in [0.2, 0.25) is 0 Å². The van der Waals surface area contributed by atoms with Crippen molar-refractivity contribution in [3.8, 4) is 0 Å². The molecule has 8 heteroatoms. The van der Waals surface area contributed by atoms with Crippen LogP contribution in [0.5, 0.6) is 0 Å². The summed E-state index contributed by atoms with van der Waals surface area (Å²) < 4.78 is 0. The summed E-state index contributed by atoms with van der Waals surface area (Å²) >= 11 is 2.75. The van der Waals surface area contributed by atoms with Crippen molar-refractivity contribution in [3.05, 3.63) is 57.4 Å². The second-order valence-electron chi connectivity index (χ2n) is 6.90. The fraction of sp³-hybridized carbons (Fsp3) is 0.381. The predicted octanol–water partition coefficient (Wildman–Crippen LogP) is 3.35. The number of amides is 3. The molecule has 2 heterocycles. The summed E-state index contributed by atoms with van der Waals surface area (Å²) in [7, 11) is 0. The highest BCUT2D eigenvalue weighted by Crippen LogP contribution is 2.27. The van der Waals surface area contributed by atoms with Gasteiger partial charge in [0.1, 0.15) is 6.04 Å². The van der Waals surface area contributed by atoms with Gasteiger partial charge in [0.15, 0.2) is 0 Å². The Hall–Kier alpha value is -2.45. The van der Waals surface area contributed by atoms with Crippen molar-refractivity contribution in [3.63, 3.8) is 0 Å². The third-order valence-corrected chi connectivity index (χ3v) is 6.66. The molecule has 0 radical (unpaired) electrons. The van der Waals surface area contributed by atoms with Crippen molar-refractivity contribution in [2.45, 2.75) is 37.8 Å². The number of nitrogens with one attached hydrogen (secondary N) is 2. The summed E-state index contributed by atoms with van der Waals surface area (Å²) in [5, 5.41) is 9.45. The lowest BCUT2D eigenvalue weighted by atomic mass is 10.1. The van der Waals surface area contributed by atoms with Crippen molar-refractivity contribution in [1.82, 2.24) is 15.5 Å². The van der Waals surface area contributed by atoms with Gasteiger partial charge in [0.25, 0.3) is 5.91 Å². The molecular weight excluding hydrogens is 406 g/mol. The van der Waals surface area contributed by atoms with E-state index in [0.717, 1.165) is 30.6 Å². The zero-order valence-corrected chi connectivity index (χ0v) is 17.8. The van der Waals surface area contributed by atoms with Crippen LogP contribution in [0.4, 0.5) is 0 Å². The van der Waals surface area contributed by atoms with Gasteiger partial charge in [-0.2, -0.15) is 0 Å². The average Bonchev–Trinajstić information content (AvgIpc) is 3.48. The first-order valence-corrected chi connectivity index (χ1v) is 11.4. The molecule has 1 atom stereocenters. The number of rotatable bonds is 9. The largest absolute Gasteiger partial charge is 0.351 e. The molecule has 0 saturated heterocycles. The SMILES string of the molecule is C=CCN(C(=O)CNC(=O)c1cccs1)C(C(=O)NC1CCCC1)c1cccs1. The van der Waals surface area contributed by atoms with Crippen LogP contribution in [0.1, 0.15) is 46.3 Å². The van der Waals surface area contributed by atoms with E-state index in [2.05, 4.69) is 17.2 Å². The fourth-order valence-electron chi connectivity index (χ4n) is 3.46. The van der Waals surface area contributed by atoms with Gasteiger partial charge in [-0.25, -0.2) is 0 Å². The topological polar surface area (TPSA) is 78.5 Å². The Labute approximate surface area is 178 Å². The second kappa shape index (κ2) is 10.4. The van der Waals surface area contributed by atoms with Gasteiger partial charge in [0.05, 0.1) is 11.4 Å². The molecule has 1 saturated carbocycles. The standard InChI is InChI=1S/C21H25N3O3S2/c1-2-11-24(18(25)14-22-20(26)17-10-6-13-29-17)19(16-9-5-12-28-16)21(27)23-15-7-3-4-8-15/h2,5-6,9-10,12-13,15,19H,1,3-4,7-8,11,14H2,(H,22,26)(H,23,27). The predicted molar refractivity (Wildman–Crippen MR) is 116 cm³/mol. The Morgan fingerprint density at radius 3 is 2.52 bits per heavy atom. The average molecular weight is 432 g/mol. The molecule has 0 bridgehead atoms. The fourth-order valence-corrected chi connectivity index (χ4v) is 4.94. The number of hydrogen-bond acceptors (Lipinski definition) is 5. The van der Waals surface area contributed by atoms with Gasteiger partial charge in [-0.15, -0.1) is 29.3 Å². The van der Waals surface area contributed by atoms with Crippen LogP contribution in [-0.2, 0) is 9.59 Å². The molecule has 2 N–H and O–H groups in total. The summed E-state index contributed by atoms with van der Waals surface area (Å²) in [6, 6.07) is 6.63. The molecule has 0 aliphatic heterocycles. The molecule has 3 rings (SSSR count). The highest BCUT2D eigenvalue weighted by Gasteiger charge is 2.33. The molecule has 0 aromatic carbocycles. The minimum Gasteiger partial charge on any atom is -0.351 e. The van der Waals surface area contributed by atoms with Gasteiger partial charge in [-0.1, -0.05) is 31.1 Å². The number of nitrogens with zero attached hydrogens (tertiary/aromatic N) is 1. The van der Waals surface area contributed by atoms with E-state index >= 15 is 0 Å². The second-order valence-corrected chi connectivity index (χ2v) is 8.83. The minimum atomic E-state index is -0.736. The van der Waals surface area contributed by atoms with E-state index in [-0.39, 0.29) is 36.9 Å². The van der Waals surface area contributed by atoms with E-state index in [4.69, 9.17) is 0 Å². The molecule has 3 amide bonds. The molecule has 1 aliphatic carbocycles. The molecule has 1 unspecified atom stereocenters. The van der Waals surface area contributed by atoms with Gasteiger partial charge in [0, 0.05) is 17.5 Å². The highest BCUT2D eigenvalue weighted by molar-refractivity contribution is 7.12. The van der Waals surface area contributed by atoms with Crippen LogP contribution in [0.25, 0.3) is 0 Å². The lowest BCUT2D eigenvalue weighted by Crippen LogP contribution is -2.48. The van der Waals surface area contributed by atoms with Crippen LogP contribution < -0.4 is 10.6 Å². The molecule has 2 aromatic heterocycles. The van der Waals surface area contributed by atoms with Crippen molar-refractivity contribution in [2.24, 2.45) is 0 Å². The third-order valence-electron chi connectivity index (χ3n) is 4.87. The zero-order chi connectivity index (χ0) is 20.6. The van der Waals surface area contributed by atoms with E-state index in [1.807, 2.05) is 17.5 Å². The Bertz CT molecular complexity index is 827. The quantitative estimate of drug-likeness (QED) is 0.598. The van der Waals surface area contributed by atoms with E-state index < -0.39 is 6.04 Å². The normalized spacial score (nSPS) is 14.9. The van der Waals surface area contributed by atoms with Crippen LogP contribution in [0.3, 0.4) is 0 Å². The Morgan fingerprint density at radius 2 is 1.90 bits per heavy atom. The third kappa shape index (κ3) is 5.55. The Balaban J connectivity index is 1.73. The lowest BCUT2D eigenvalue weighted by Gasteiger charge is -2.30. The van der Waals surface area contributed by atoms with Crippen molar-refractivity contribution >= 4 is 40.4 Å². The van der Waals surface area contributed by atoms with Crippen LogP contribution in [0, 0.1) is 0 Å². The van der Waals surface area contributed by atoms with E-state index in [9.17, 15) is 14.4 Å². The summed E-state index contributed by atoms with van der Waals surface area (Å²) in [6.45, 7) is 3.78. The molecule has 0 spiro atoms.